The SMILES string of the molecule is CCCC(CCO)CNc1cc(N)cc(S(N)(=O)=O)c1C. The Morgan fingerprint density at radius 3 is 2.52 bits per heavy atom. The Morgan fingerprint density at radius 2 is 2.00 bits per heavy atom. The third kappa shape index (κ3) is 5.18. The molecular weight excluding hydrogens is 290 g/mol. The van der Waals surface area contributed by atoms with Gasteiger partial charge in [-0.3, -0.25) is 0 Å². The molecule has 21 heavy (non-hydrogen) atoms. The number of hydrogen-bond donors (Lipinski definition) is 4. The molecule has 0 aliphatic rings. The van der Waals surface area contributed by atoms with Crippen LogP contribution in [0.3, 0.4) is 0 Å². The fourth-order valence-electron chi connectivity index (χ4n) is 2.38. The van der Waals surface area contributed by atoms with Gasteiger partial charge in [0.1, 0.15) is 0 Å². The van der Waals surface area contributed by atoms with E-state index < -0.39 is 10.0 Å². The predicted octanol–water partition coefficient (Wildman–Crippen LogP) is 1.44. The number of primary sulfonamides is 1. The van der Waals surface area contributed by atoms with Gasteiger partial charge in [-0.25, -0.2) is 13.6 Å². The number of benzene rings is 1. The molecule has 1 atom stereocenters. The van der Waals surface area contributed by atoms with E-state index in [0.29, 0.717) is 35.8 Å². The Kier molecular flexibility index (Phi) is 6.44. The smallest absolute Gasteiger partial charge is 0.238 e. The molecule has 7 heteroatoms. The highest BCUT2D eigenvalue weighted by Crippen LogP contribution is 2.26. The van der Waals surface area contributed by atoms with Crippen LogP contribution in [0.1, 0.15) is 31.7 Å². The molecule has 0 heterocycles. The Hall–Kier alpha value is -1.31. The topological polar surface area (TPSA) is 118 Å². The number of rotatable bonds is 8. The lowest BCUT2D eigenvalue weighted by Crippen LogP contribution is -2.18. The molecule has 1 aromatic rings. The highest BCUT2D eigenvalue weighted by atomic mass is 32.2. The van der Waals surface area contributed by atoms with Gasteiger partial charge in [-0.1, -0.05) is 13.3 Å². The highest BCUT2D eigenvalue weighted by Gasteiger charge is 2.16. The minimum Gasteiger partial charge on any atom is -0.399 e. The van der Waals surface area contributed by atoms with Crippen molar-refractivity contribution in [3.8, 4) is 0 Å². The van der Waals surface area contributed by atoms with Gasteiger partial charge < -0.3 is 16.2 Å². The van der Waals surface area contributed by atoms with Gasteiger partial charge in [0.2, 0.25) is 10.0 Å². The van der Waals surface area contributed by atoms with Crippen LogP contribution in [0.2, 0.25) is 0 Å². The molecule has 0 aromatic heterocycles. The van der Waals surface area contributed by atoms with Crippen LogP contribution in [0.4, 0.5) is 11.4 Å². The molecule has 0 aliphatic heterocycles. The molecular formula is C14H25N3O3S. The van der Waals surface area contributed by atoms with E-state index in [4.69, 9.17) is 16.0 Å². The minimum absolute atomic E-state index is 0.0409. The molecule has 0 bridgehead atoms. The summed E-state index contributed by atoms with van der Waals surface area (Å²) in [5.74, 6) is 0.332. The van der Waals surface area contributed by atoms with E-state index in [1.54, 1.807) is 13.0 Å². The first kappa shape index (κ1) is 17.7. The van der Waals surface area contributed by atoms with Gasteiger partial charge in [0, 0.05) is 24.5 Å². The molecule has 1 aromatic carbocycles. The van der Waals surface area contributed by atoms with Crippen molar-refractivity contribution in [3.05, 3.63) is 17.7 Å². The monoisotopic (exact) mass is 315 g/mol. The van der Waals surface area contributed by atoms with Gasteiger partial charge in [0.25, 0.3) is 0 Å². The molecule has 0 spiro atoms. The molecule has 120 valence electrons. The summed E-state index contributed by atoms with van der Waals surface area (Å²) in [6.45, 7) is 4.59. The molecule has 0 amide bonds. The second-order valence-electron chi connectivity index (χ2n) is 5.28. The number of nitrogens with two attached hydrogens (primary N) is 2. The van der Waals surface area contributed by atoms with Crippen molar-refractivity contribution in [1.29, 1.82) is 0 Å². The van der Waals surface area contributed by atoms with Crippen molar-refractivity contribution in [3.63, 3.8) is 0 Å². The van der Waals surface area contributed by atoms with Crippen LogP contribution in [0.5, 0.6) is 0 Å². The van der Waals surface area contributed by atoms with Crippen molar-refractivity contribution in [2.45, 2.75) is 38.0 Å². The fourth-order valence-corrected chi connectivity index (χ4v) is 3.22. The summed E-state index contributed by atoms with van der Waals surface area (Å²) in [4.78, 5) is 0.0409. The average molecular weight is 315 g/mol. The standard InChI is InChI=1S/C14H25N3O3S/c1-3-4-11(5-6-18)9-17-13-7-12(15)8-14(10(13)2)21(16,19)20/h7-8,11,17-18H,3-6,9,15H2,1-2H3,(H2,16,19,20). The zero-order chi connectivity index (χ0) is 16.0. The lowest BCUT2D eigenvalue weighted by Gasteiger charge is -2.19. The van der Waals surface area contributed by atoms with Gasteiger partial charge in [-0.15, -0.1) is 0 Å². The van der Waals surface area contributed by atoms with E-state index in [1.165, 1.54) is 6.07 Å². The summed E-state index contributed by atoms with van der Waals surface area (Å²) in [6, 6.07) is 3.07. The number of sulfonamides is 1. The van der Waals surface area contributed by atoms with E-state index in [-0.39, 0.29) is 11.5 Å². The predicted molar refractivity (Wildman–Crippen MR) is 85.6 cm³/mol. The molecule has 6 nitrogen and oxygen atoms in total. The molecule has 0 radical (unpaired) electrons. The van der Waals surface area contributed by atoms with E-state index >= 15 is 0 Å². The van der Waals surface area contributed by atoms with Gasteiger partial charge in [0.05, 0.1) is 4.90 Å². The van der Waals surface area contributed by atoms with Crippen molar-refractivity contribution in [2.24, 2.45) is 11.1 Å². The lowest BCUT2D eigenvalue weighted by atomic mass is 10.00. The molecule has 6 N–H and O–H groups in total. The maximum atomic E-state index is 11.6. The van der Waals surface area contributed by atoms with Crippen molar-refractivity contribution >= 4 is 21.4 Å². The average Bonchev–Trinajstić information content (AvgIpc) is 2.38. The molecule has 0 saturated heterocycles. The lowest BCUT2D eigenvalue weighted by molar-refractivity contribution is 0.255. The van der Waals surface area contributed by atoms with Gasteiger partial charge in [0.15, 0.2) is 0 Å². The highest BCUT2D eigenvalue weighted by molar-refractivity contribution is 7.89. The van der Waals surface area contributed by atoms with Crippen LogP contribution >= 0.6 is 0 Å². The largest absolute Gasteiger partial charge is 0.399 e. The van der Waals surface area contributed by atoms with Crippen LogP contribution in [-0.2, 0) is 10.0 Å². The van der Waals surface area contributed by atoms with Crippen LogP contribution in [0, 0.1) is 12.8 Å². The number of aliphatic hydroxyl groups excluding tert-OH is 1. The van der Waals surface area contributed by atoms with Crippen molar-refractivity contribution in [1.82, 2.24) is 0 Å². The third-order valence-corrected chi connectivity index (χ3v) is 4.54. The number of hydrogen-bond acceptors (Lipinski definition) is 5. The Morgan fingerprint density at radius 1 is 1.33 bits per heavy atom. The fraction of sp³-hybridized carbons (Fsp3) is 0.571. The summed E-state index contributed by atoms with van der Waals surface area (Å²) in [6.07, 6.45) is 2.74. The number of anilines is 2. The van der Waals surface area contributed by atoms with E-state index in [0.717, 1.165) is 12.8 Å². The second kappa shape index (κ2) is 7.63. The van der Waals surface area contributed by atoms with Crippen LogP contribution in [-0.4, -0.2) is 26.7 Å². The zero-order valence-corrected chi connectivity index (χ0v) is 13.4. The molecule has 0 aliphatic carbocycles. The van der Waals surface area contributed by atoms with E-state index in [2.05, 4.69) is 12.2 Å². The summed E-state index contributed by atoms with van der Waals surface area (Å²) < 4.78 is 23.1. The first-order valence-electron chi connectivity index (χ1n) is 7.07. The summed E-state index contributed by atoms with van der Waals surface area (Å²) >= 11 is 0. The van der Waals surface area contributed by atoms with Crippen molar-refractivity contribution < 1.29 is 13.5 Å². The third-order valence-electron chi connectivity index (χ3n) is 3.50. The van der Waals surface area contributed by atoms with Crippen LogP contribution in [0.25, 0.3) is 0 Å². The molecule has 1 unspecified atom stereocenters. The van der Waals surface area contributed by atoms with Crippen molar-refractivity contribution in [2.75, 3.05) is 24.2 Å². The molecule has 0 fully saturated rings. The second-order valence-corrected chi connectivity index (χ2v) is 6.81. The van der Waals surface area contributed by atoms with Gasteiger partial charge in [-0.05, 0) is 43.4 Å². The van der Waals surface area contributed by atoms with E-state index in [1.807, 2.05) is 0 Å². The summed E-state index contributed by atoms with van der Waals surface area (Å²) in [7, 11) is -3.80. The Balaban J connectivity index is 2.96. The van der Waals surface area contributed by atoms with Gasteiger partial charge >= 0.3 is 0 Å². The summed E-state index contributed by atoms with van der Waals surface area (Å²) in [5, 5.41) is 17.5. The zero-order valence-electron chi connectivity index (χ0n) is 12.6. The summed E-state index contributed by atoms with van der Waals surface area (Å²) in [5.41, 5.74) is 7.32. The van der Waals surface area contributed by atoms with Gasteiger partial charge in [-0.2, -0.15) is 0 Å². The Bertz CT molecular complexity index is 567. The number of nitrogens with one attached hydrogen (secondary N) is 1. The molecule has 0 saturated carbocycles. The minimum atomic E-state index is -3.80. The first-order chi connectivity index (χ1) is 9.79. The van der Waals surface area contributed by atoms with Crippen LogP contribution in [0.15, 0.2) is 17.0 Å². The normalized spacial score (nSPS) is 13.1. The van der Waals surface area contributed by atoms with E-state index in [9.17, 15) is 8.42 Å². The van der Waals surface area contributed by atoms with Crippen LogP contribution < -0.4 is 16.2 Å². The maximum absolute atomic E-state index is 11.6. The number of nitrogen functional groups attached to an aromatic ring is 1. The molecule has 1 rings (SSSR count). The number of aliphatic hydroxyl groups is 1. The maximum Gasteiger partial charge on any atom is 0.238 e. The first-order valence-corrected chi connectivity index (χ1v) is 8.61. The Labute approximate surface area is 126 Å². The quantitative estimate of drug-likeness (QED) is 0.541.